The first-order valence-electron chi connectivity index (χ1n) is 6.36. The fourth-order valence-corrected chi connectivity index (χ4v) is 2.85. The Balaban J connectivity index is 2.60. The maximum atomic E-state index is 12.0. The van der Waals surface area contributed by atoms with Crippen LogP contribution in [0.4, 0.5) is 0 Å². The molecule has 2 nitrogen and oxygen atoms in total. The van der Waals surface area contributed by atoms with Crippen LogP contribution in [0.15, 0.2) is 18.2 Å². The summed E-state index contributed by atoms with van der Waals surface area (Å²) in [5.74, 6) is 0.181. The maximum Gasteiger partial charge on any atom is 0.252 e. The van der Waals surface area contributed by atoms with Crippen molar-refractivity contribution in [1.29, 1.82) is 0 Å². The van der Waals surface area contributed by atoms with Crippen LogP contribution < -0.4 is 5.32 Å². The first-order valence-corrected chi connectivity index (χ1v) is 7.56. The Bertz CT molecular complexity index is 433. The van der Waals surface area contributed by atoms with Crippen LogP contribution in [0.1, 0.15) is 37.0 Å². The predicted molar refractivity (Wildman–Crippen MR) is 82.5 cm³/mol. The molecule has 1 aromatic rings. The SMILES string of the molecule is CCC(CC)C(Cl)CNC(=O)c1ccc(Cl)cc1Cl. The van der Waals surface area contributed by atoms with E-state index in [1.165, 1.54) is 0 Å². The van der Waals surface area contributed by atoms with Crippen LogP contribution >= 0.6 is 34.8 Å². The molecule has 0 radical (unpaired) electrons. The minimum Gasteiger partial charge on any atom is -0.350 e. The second-order valence-corrected chi connectivity index (χ2v) is 5.83. The molecule has 1 rings (SSSR count). The summed E-state index contributed by atoms with van der Waals surface area (Å²) >= 11 is 18.0. The average Bonchev–Trinajstić information content (AvgIpc) is 2.37. The maximum absolute atomic E-state index is 12.0. The monoisotopic (exact) mass is 321 g/mol. The molecule has 1 unspecified atom stereocenters. The first-order chi connectivity index (χ1) is 8.99. The quantitative estimate of drug-likeness (QED) is 0.751. The topological polar surface area (TPSA) is 29.1 Å². The lowest BCUT2D eigenvalue weighted by atomic mass is 9.99. The number of nitrogens with one attached hydrogen (secondary N) is 1. The van der Waals surface area contributed by atoms with Crippen LogP contribution in [0.2, 0.25) is 10.0 Å². The highest BCUT2D eigenvalue weighted by Crippen LogP contribution is 2.21. The number of carbonyl (C=O) groups excluding carboxylic acids is 1. The Labute approximate surface area is 129 Å². The molecule has 1 N–H and O–H groups in total. The van der Waals surface area contributed by atoms with Gasteiger partial charge in [0.15, 0.2) is 0 Å². The van der Waals surface area contributed by atoms with Crippen LogP contribution in [0, 0.1) is 5.92 Å². The van der Waals surface area contributed by atoms with Gasteiger partial charge in [-0.2, -0.15) is 0 Å². The lowest BCUT2D eigenvalue weighted by Crippen LogP contribution is -2.33. The summed E-state index contributed by atoms with van der Waals surface area (Å²) in [7, 11) is 0. The van der Waals surface area contributed by atoms with E-state index in [2.05, 4.69) is 19.2 Å². The molecule has 1 atom stereocenters. The van der Waals surface area contributed by atoms with E-state index < -0.39 is 0 Å². The highest BCUT2D eigenvalue weighted by atomic mass is 35.5. The second-order valence-electron chi connectivity index (χ2n) is 4.43. The van der Waals surface area contributed by atoms with Crippen molar-refractivity contribution in [1.82, 2.24) is 5.32 Å². The smallest absolute Gasteiger partial charge is 0.252 e. The van der Waals surface area contributed by atoms with Gasteiger partial charge < -0.3 is 5.32 Å². The predicted octanol–water partition coefficient (Wildman–Crippen LogP) is 4.77. The van der Waals surface area contributed by atoms with Crippen LogP contribution in [-0.2, 0) is 0 Å². The van der Waals surface area contributed by atoms with Gasteiger partial charge in [0.25, 0.3) is 5.91 Å². The number of halogens is 3. The second kappa shape index (κ2) is 7.98. The summed E-state index contributed by atoms with van der Waals surface area (Å²) in [6.07, 6.45) is 2.00. The number of benzene rings is 1. The average molecular weight is 323 g/mol. The molecule has 0 aliphatic heterocycles. The number of alkyl halides is 1. The van der Waals surface area contributed by atoms with Crippen LogP contribution in [0.5, 0.6) is 0 Å². The zero-order valence-corrected chi connectivity index (χ0v) is 13.3. The van der Waals surface area contributed by atoms with Crippen molar-refractivity contribution < 1.29 is 4.79 Å². The molecule has 1 amide bonds. The Hall–Kier alpha value is -0.440. The molecular formula is C14H18Cl3NO. The van der Waals surface area contributed by atoms with E-state index in [0.29, 0.717) is 28.1 Å². The molecule has 0 aromatic heterocycles. The molecule has 1 aromatic carbocycles. The molecule has 0 saturated carbocycles. The Kier molecular flexibility index (Phi) is 6.98. The van der Waals surface area contributed by atoms with Gasteiger partial charge in [-0.25, -0.2) is 0 Å². The third-order valence-electron chi connectivity index (χ3n) is 3.19. The van der Waals surface area contributed by atoms with Gasteiger partial charge in [0.05, 0.1) is 16.0 Å². The Morgan fingerprint density at radius 1 is 1.26 bits per heavy atom. The van der Waals surface area contributed by atoms with E-state index in [4.69, 9.17) is 34.8 Å². The Morgan fingerprint density at radius 2 is 1.89 bits per heavy atom. The van der Waals surface area contributed by atoms with Crippen molar-refractivity contribution in [3.05, 3.63) is 33.8 Å². The van der Waals surface area contributed by atoms with Crippen molar-refractivity contribution >= 4 is 40.7 Å². The van der Waals surface area contributed by atoms with E-state index in [1.807, 2.05) is 0 Å². The summed E-state index contributed by atoms with van der Waals surface area (Å²) in [6.45, 7) is 4.63. The Morgan fingerprint density at radius 3 is 2.42 bits per heavy atom. The van der Waals surface area contributed by atoms with Crippen LogP contribution in [0.25, 0.3) is 0 Å². The fraction of sp³-hybridized carbons (Fsp3) is 0.500. The van der Waals surface area contributed by atoms with Gasteiger partial charge >= 0.3 is 0 Å². The minimum atomic E-state index is -0.224. The van der Waals surface area contributed by atoms with Gasteiger partial charge in [-0.05, 0) is 24.1 Å². The van der Waals surface area contributed by atoms with Gasteiger partial charge in [0.1, 0.15) is 0 Å². The number of hydrogen-bond donors (Lipinski definition) is 1. The number of amides is 1. The molecule has 19 heavy (non-hydrogen) atoms. The van der Waals surface area contributed by atoms with E-state index >= 15 is 0 Å². The molecule has 0 fully saturated rings. The van der Waals surface area contributed by atoms with E-state index in [-0.39, 0.29) is 11.3 Å². The standard InChI is InChI=1S/C14H18Cl3NO/c1-3-9(4-2)13(17)8-18-14(19)11-6-5-10(15)7-12(11)16/h5-7,9,13H,3-4,8H2,1-2H3,(H,18,19). The van der Waals surface area contributed by atoms with Crippen molar-refractivity contribution in [3.63, 3.8) is 0 Å². The summed E-state index contributed by atoms with van der Waals surface area (Å²) in [5.41, 5.74) is 0.416. The van der Waals surface area contributed by atoms with Crippen molar-refractivity contribution in [2.24, 2.45) is 5.92 Å². The van der Waals surface area contributed by atoms with Crippen molar-refractivity contribution in [3.8, 4) is 0 Å². The summed E-state index contributed by atoms with van der Waals surface area (Å²) in [4.78, 5) is 12.0. The van der Waals surface area contributed by atoms with E-state index in [1.54, 1.807) is 18.2 Å². The molecular weight excluding hydrogens is 305 g/mol. The van der Waals surface area contributed by atoms with Gasteiger partial charge in [-0.3, -0.25) is 4.79 Å². The third-order valence-corrected chi connectivity index (χ3v) is 4.25. The third kappa shape index (κ3) is 4.87. The minimum absolute atomic E-state index is 0.0648. The van der Waals surface area contributed by atoms with Gasteiger partial charge in [0.2, 0.25) is 0 Å². The number of rotatable bonds is 6. The fourth-order valence-electron chi connectivity index (χ4n) is 1.93. The molecule has 0 heterocycles. The highest BCUT2D eigenvalue weighted by Gasteiger charge is 2.17. The first kappa shape index (κ1) is 16.6. The van der Waals surface area contributed by atoms with Gasteiger partial charge in [-0.15, -0.1) is 11.6 Å². The van der Waals surface area contributed by atoms with Crippen LogP contribution in [0.3, 0.4) is 0 Å². The highest BCUT2D eigenvalue weighted by molar-refractivity contribution is 6.36. The van der Waals surface area contributed by atoms with E-state index in [9.17, 15) is 4.79 Å². The van der Waals surface area contributed by atoms with Crippen molar-refractivity contribution in [2.75, 3.05) is 6.54 Å². The largest absolute Gasteiger partial charge is 0.350 e. The molecule has 5 heteroatoms. The van der Waals surface area contributed by atoms with Crippen LogP contribution in [-0.4, -0.2) is 17.8 Å². The van der Waals surface area contributed by atoms with Gasteiger partial charge in [-0.1, -0.05) is 49.9 Å². The normalized spacial score (nSPS) is 12.5. The summed E-state index contributed by atoms with van der Waals surface area (Å²) < 4.78 is 0. The lowest BCUT2D eigenvalue weighted by molar-refractivity contribution is 0.0951. The summed E-state index contributed by atoms with van der Waals surface area (Å²) in [6, 6.07) is 4.80. The number of carbonyl (C=O) groups is 1. The van der Waals surface area contributed by atoms with Crippen molar-refractivity contribution in [2.45, 2.75) is 32.1 Å². The molecule has 106 valence electrons. The molecule has 0 saturated heterocycles. The molecule has 0 spiro atoms. The molecule has 0 aliphatic carbocycles. The zero-order valence-electron chi connectivity index (χ0n) is 11.1. The number of hydrogen-bond acceptors (Lipinski definition) is 1. The zero-order chi connectivity index (χ0) is 14.4. The molecule has 0 aliphatic rings. The molecule has 0 bridgehead atoms. The summed E-state index contributed by atoms with van der Waals surface area (Å²) in [5, 5.41) is 3.60. The van der Waals surface area contributed by atoms with Gasteiger partial charge in [0, 0.05) is 11.6 Å². The lowest BCUT2D eigenvalue weighted by Gasteiger charge is -2.19. The van der Waals surface area contributed by atoms with E-state index in [0.717, 1.165) is 12.8 Å².